The van der Waals surface area contributed by atoms with Crippen LogP contribution in [-0.2, 0) is 19.1 Å². The van der Waals surface area contributed by atoms with Gasteiger partial charge in [0.05, 0.1) is 29.7 Å². The van der Waals surface area contributed by atoms with Crippen molar-refractivity contribution in [2.75, 3.05) is 13.2 Å². The number of alkyl halides is 4. The Balaban J connectivity index is 1.26. The maximum atomic E-state index is 13.8. The van der Waals surface area contributed by atoms with Gasteiger partial charge in [-0.1, -0.05) is 0 Å². The summed E-state index contributed by atoms with van der Waals surface area (Å²) in [6.07, 6.45) is -3.11. The van der Waals surface area contributed by atoms with Crippen LogP contribution in [0.25, 0.3) is 0 Å². The van der Waals surface area contributed by atoms with Crippen LogP contribution in [0.5, 0.6) is 0 Å². The number of nitrogens with one attached hydrogen (secondary N) is 3. The number of hydrogen-bond donors (Lipinski definition) is 4. The summed E-state index contributed by atoms with van der Waals surface area (Å²) in [5, 5.41) is 18.6. The Morgan fingerprint density at radius 3 is 2.55 bits per heavy atom. The molecule has 2 bridgehead atoms. The highest BCUT2D eigenvalue weighted by molar-refractivity contribution is 6.21. The molecule has 4 aliphatic carbocycles. The van der Waals surface area contributed by atoms with Crippen molar-refractivity contribution < 1.29 is 37.3 Å². The van der Waals surface area contributed by atoms with Gasteiger partial charge in [-0.05, 0) is 44.9 Å². The number of hydrogen-bond acceptors (Lipinski definition) is 6. The van der Waals surface area contributed by atoms with Crippen molar-refractivity contribution in [3.8, 4) is 0 Å². The van der Waals surface area contributed by atoms with Gasteiger partial charge in [0.25, 0.3) is 6.43 Å². The second-order valence-electron chi connectivity index (χ2n) is 9.78. The number of aliphatic hydroxyl groups excluding tert-OH is 1. The van der Waals surface area contributed by atoms with Crippen LogP contribution in [0.4, 0.5) is 13.2 Å². The third-order valence-corrected chi connectivity index (χ3v) is 8.04. The van der Waals surface area contributed by atoms with Gasteiger partial charge in [0.2, 0.25) is 11.8 Å². The molecule has 1 heterocycles. The first-order chi connectivity index (χ1) is 15.6. The third-order valence-electron chi connectivity index (χ3n) is 7.55. The van der Waals surface area contributed by atoms with Crippen molar-refractivity contribution in [3.05, 3.63) is 0 Å². The van der Waals surface area contributed by atoms with Gasteiger partial charge in [0.15, 0.2) is 6.23 Å². The van der Waals surface area contributed by atoms with E-state index >= 15 is 0 Å². The molecule has 0 aromatic heterocycles. The molecule has 6 atom stereocenters. The quantitative estimate of drug-likeness (QED) is 0.393. The van der Waals surface area contributed by atoms with Gasteiger partial charge in [-0.2, -0.15) is 0 Å². The monoisotopic (exact) mass is 497 g/mol. The molecule has 0 radical (unpaired) electrons. The van der Waals surface area contributed by atoms with Crippen LogP contribution in [0.1, 0.15) is 51.4 Å². The molecule has 4 N–H and O–H groups in total. The lowest BCUT2D eigenvalue weighted by Crippen LogP contribution is -2.71. The summed E-state index contributed by atoms with van der Waals surface area (Å²) in [7, 11) is 0. The number of halogens is 4. The maximum absolute atomic E-state index is 13.8. The minimum Gasteiger partial charge on any atom is -0.391 e. The number of carbonyl (C=O) groups excluding carboxylic acids is 2. The Morgan fingerprint density at radius 2 is 1.94 bits per heavy atom. The molecule has 5 rings (SSSR count). The van der Waals surface area contributed by atoms with Crippen molar-refractivity contribution in [3.63, 3.8) is 0 Å². The topological polar surface area (TPSA) is 109 Å². The van der Waals surface area contributed by atoms with E-state index in [9.17, 15) is 27.9 Å². The van der Waals surface area contributed by atoms with Gasteiger partial charge in [0, 0.05) is 12.0 Å². The molecule has 4 saturated carbocycles. The van der Waals surface area contributed by atoms with E-state index in [2.05, 4.69) is 16.0 Å². The lowest BCUT2D eigenvalue weighted by Gasteiger charge is -2.56. The fourth-order valence-corrected chi connectivity index (χ4v) is 5.73. The molecule has 0 aromatic rings. The molecule has 1 saturated heterocycles. The molecular weight excluding hydrogens is 467 g/mol. The predicted molar refractivity (Wildman–Crippen MR) is 112 cm³/mol. The van der Waals surface area contributed by atoms with Crippen molar-refractivity contribution >= 4 is 23.4 Å². The molecule has 2 amide bonds. The van der Waals surface area contributed by atoms with Gasteiger partial charge in [-0.25, -0.2) is 13.2 Å². The highest BCUT2D eigenvalue weighted by atomic mass is 35.5. The summed E-state index contributed by atoms with van der Waals surface area (Å²) in [6, 6.07) is -0.876. The van der Waals surface area contributed by atoms with Gasteiger partial charge < -0.3 is 25.2 Å². The zero-order valence-electron chi connectivity index (χ0n) is 18.2. The van der Waals surface area contributed by atoms with Crippen molar-refractivity contribution in [2.45, 2.75) is 105 Å². The second kappa shape index (κ2) is 9.85. The number of aliphatic hydroxyl groups is 1. The predicted octanol–water partition coefficient (Wildman–Crippen LogP) is 1.13. The zero-order chi connectivity index (χ0) is 23.8. The van der Waals surface area contributed by atoms with E-state index < -0.39 is 53.3 Å². The Bertz CT molecular complexity index is 740. The van der Waals surface area contributed by atoms with E-state index in [4.69, 9.17) is 21.1 Å². The molecule has 5 aliphatic rings. The van der Waals surface area contributed by atoms with Crippen LogP contribution < -0.4 is 16.0 Å². The molecule has 5 unspecified atom stereocenters. The average molecular weight is 498 g/mol. The molecule has 1 aliphatic heterocycles. The number of amides is 2. The van der Waals surface area contributed by atoms with Crippen LogP contribution in [0.3, 0.4) is 0 Å². The minimum absolute atomic E-state index is 0.144. The van der Waals surface area contributed by atoms with Gasteiger partial charge in [-0.15, -0.1) is 11.6 Å². The molecule has 33 heavy (non-hydrogen) atoms. The first-order valence-corrected chi connectivity index (χ1v) is 11.9. The van der Waals surface area contributed by atoms with E-state index in [-0.39, 0.29) is 38.1 Å². The Morgan fingerprint density at radius 1 is 1.21 bits per heavy atom. The first-order valence-electron chi connectivity index (χ1n) is 11.5. The molecule has 12 heteroatoms. The molecule has 0 aromatic carbocycles. The number of fused-ring (bicyclic) bond motifs is 3. The number of rotatable bonds is 7. The summed E-state index contributed by atoms with van der Waals surface area (Å²) in [5.74, 6) is -0.809. The van der Waals surface area contributed by atoms with E-state index in [0.717, 1.165) is 0 Å². The summed E-state index contributed by atoms with van der Waals surface area (Å²) in [6.45, 7) is -0.367. The van der Waals surface area contributed by atoms with Crippen LogP contribution in [0.15, 0.2) is 0 Å². The van der Waals surface area contributed by atoms with Gasteiger partial charge in [-0.3, -0.25) is 14.9 Å². The van der Waals surface area contributed by atoms with Crippen molar-refractivity contribution in [1.82, 2.24) is 16.0 Å². The van der Waals surface area contributed by atoms with Crippen molar-refractivity contribution in [1.29, 1.82) is 0 Å². The Labute approximate surface area is 195 Å². The van der Waals surface area contributed by atoms with Crippen LogP contribution in [0.2, 0.25) is 0 Å². The first kappa shape index (κ1) is 25.0. The molecule has 5 fully saturated rings. The largest absolute Gasteiger partial charge is 0.391 e. The van der Waals surface area contributed by atoms with E-state index in [1.165, 1.54) is 0 Å². The lowest BCUT2D eigenvalue weighted by molar-refractivity contribution is -0.140. The van der Waals surface area contributed by atoms with E-state index in [1.807, 2.05) is 0 Å². The van der Waals surface area contributed by atoms with E-state index in [0.29, 0.717) is 38.5 Å². The highest BCUT2D eigenvalue weighted by Gasteiger charge is 2.55. The molecule has 188 valence electrons. The summed E-state index contributed by atoms with van der Waals surface area (Å²) in [4.78, 5) is 25.1. The third kappa shape index (κ3) is 5.42. The fourth-order valence-electron chi connectivity index (χ4n) is 5.50. The van der Waals surface area contributed by atoms with Crippen LogP contribution in [0, 0.1) is 0 Å². The SMILES string of the molecule is O=C(COC1CCC(Cl)C(F)C1)NC12CCC(NC(=O)C3COC(C(F)F)N3)(CC1)C[C@@H]2O. The Kier molecular flexibility index (Phi) is 7.45. The zero-order valence-corrected chi connectivity index (χ0v) is 19.0. The summed E-state index contributed by atoms with van der Waals surface area (Å²) < 4.78 is 49.8. The highest BCUT2D eigenvalue weighted by Crippen LogP contribution is 2.47. The average Bonchev–Trinajstić information content (AvgIpc) is 3.27. The van der Waals surface area contributed by atoms with Crippen LogP contribution >= 0.6 is 11.6 Å². The lowest BCUT2D eigenvalue weighted by atomic mass is 9.60. The molecular formula is C21H31ClF3N3O5. The van der Waals surface area contributed by atoms with Gasteiger partial charge in [0.1, 0.15) is 18.8 Å². The fraction of sp³-hybridized carbons (Fsp3) is 0.905. The van der Waals surface area contributed by atoms with E-state index in [1.54, 1.807) is 0 Å². The van der Waals surface area contributed by atoms with Crippen molar-refractivity contribution in [2.24, 2.45) is 0 Å². The number of ether oxygens (including phenoxy) is 2. The standard InChI is InChI=1S/C21H31ClF3N3O5/c22-12-2-1-11(7-13(12)23)32-10-16(30)27-21-5-3-20(4-6-21,8-15(21)29)28-18(31)14-9-33-19(26-14)17(24)25/h11-15,17,19,26,29H,1-10H2,(H,27,30)(H,28,31)/t11?,12?,13?,14?,15-,19?,20?,21?/m0/s1. The van der Waals surface area contributed by atoms with Gasteiger partial charge >= 0.3 is 0 Å². The molecule has 0 spiro atoms. The van der Waals surface area contributed by atoms with Crippen LogP contribution in [-0.4, -0.2) is 83.7 Å². The number of carbonyl (C=O) groups is 2. The second-order valence-corrected chi connectivity index (χ2v) is 10.3. The normalized spacial score (nSPS) is 43.0. The smallest absolute Gasteiger partial charge is 0.277 e. The summed E-state index contributed by atoms with van der Waals surface area (Å²) >= 11 is 5.88. The maximum Gasteiger partial charge on any atom is 0.277 e. The minimum atomic E-state index is -2.73. The summed E-state index contributed by atoms with van der Waals surface area (Å²) in [5.41, 5.74) is -1.46. The Hall–Kier alpha value is -1.14. The molecule has 8 nitrogen and oxygen atoms in total.